The molecule has 1 saturated heterocycles. The lowest BCUT2D eigenvalue weighted by Gasteiger charge is -2.24. The number of hydrogen-bond acceptors (Lipinski definition) is 8. The maximum absolute atomic E-state index is 10.7. The SMILES string of the molecule is Cc1cc(C(C)(O)C#Cc2ccc3c(c2)N(c2nc(N)ncc2Cl)C[C@@]32CCOC2)no1. The maximum atomic E-state index is 10.7. The average molecular weight is 452 g/mol. The molecule has 3 N–H and O–H groups in total. The number of nitrogens with two attached hydrogens (primary N) is 1. The van der Waals surface area contributed by atoms with E-state index < -0.39 is 5.60 Å². The van der Waals surface area contributed by atoms with Crippen LogP contribution in [0.1, 0.15) is 35.9 Å². The van der Waals surface area contributed by atoms with E-state index in [-0.39, 0.29) is 11.4 Å². The first-order valence-corrected chi connectivity index (χ1v) is 10.6. The van der Waals surface area contributed by atoms with Crippen LogP contribution in [0.2, 0.25) is 5.02 Å². The normalized spacial score (nSPS) is 21.3. The number of fused-ring (bicyclic) bond motifs is 2. The minimum absolute atomic E-state index is 0.145. The molecule has 1 unspecified atom stereocenters. The highest BCUT2D eigenvalue weighted by Gasteiger charge is 2.46. The van der Waals surface area contributed by atoms with Crippen LogP contribution >= 0.6 is 11.6 Å². The molecule has 2 aliphatic heterocycles. The number of nitrogen functional groups attached to an aromatic ring is 1. The van der Waals surface area contributed by atoms with E-state index >= 15 is 0 Å². The molecule has 0 bridgehead atoms. The van der Waals surface area contributed by atoms with E-state index in [1.807, 2.05) is 12.1 Å². The van der Waals surface area contributed by atoms with E-state index in [1.165, 1.54) is 6.20 Å². The highest BCUT2D eigenvalue weighted by Crippen LogP contribution is 2.49. The van der Waals surface area contributed by atoms with Gasteiger partial charge in [-0.2, -0.15) is 4.98 Å². The van der Waals surface area contributed by atoms with Gasteiger partial charge in [-0.15, -0.1) is 0 Å². The summed E-state index contributed by atoms with van der Waals surface area (Å²) in [6.45, 7) is 5.35. The molecule has 4 heterocycles. The molecule has 32 heavy (non-hydrogen) atoms. The molecule has 2 aromatic heterocycles. The first-order chi connectivity index (χ1) is 15.3. The number of benzene rings is 1. The van der Waals surface area contributed by atoms with Crippen LogP contribution < -0.4 is 10.6 Å². The first-order valence-electron chi connectivity index (χ1n) is 10.2. The van der Waals surface area contributed by atoms with Crippen LogP contribution in [0.5, 0.6) is 0 Å². The summed E-state index contributed by atoms with van der Waals surface area (Å²) in [6.07, 6.45) is 2.41. The molecule has 2 aliphatic rings. The smallest absolute Gasteiger partial charge is 0.222 e. The molecule has 3 aromatic rings. The van der Waals surface area contributed by atoms with E-state index in [2.05, 4.69) is 37.9 Å². The van der Waals surface area contributed by atoms with Crippen LogP contribution in [0.4, 0.5) is 17.5 Å². The third kappa shape index (κ3) is 3.48. The van der Waals surface area contributed by atoms with Gasteiger partial charge < -0.3 is 25.0 Å². The highest BCUT2D eigenvalue weighted by atomic mass is 35.5. The Morgan fingerprint density at radius 1 is 1.34 bits per heavy atom. The second-order valence-electron chi connectivity index (χ2n) is 8.45. The van der Waals surface area contributed by atoms with Gasteiger partial charge in [-0.05, 0) is 38.0 Å². The van der Waals surface area contributed by atoms with Crippen LogP contribution in [0, 0.1) is 18.8 Å². The van der Waals surface area contributed by atoms with Gasteiger partial charge in [-0.1, -0.05) is 34.7 Å². The van der Waals surface area contributed by atoms with Gasteiger partial charge in [0.15, 0.2) is 11.4 Å². The molecular formula is C23H22ClN5O3. The highest BCUT2D eigenvalue weighted by molar-refractivity contribution is 6.33. The van der Waals surface area contributed by atoms with E-state index in [1.54, 1.807) is 19.9 Å². The van der Waals surface area contributed by atoms with Crippen molar-refractivity contribution < 1.29 is 14.4 Å². The topological polar surface area (TPSA) is 111 Å². The molecule has 0 saturated carbocycles. The largest absolute Gasteiger partial charge is 0.380 e. The Labute approximate surface area is 190 Å². The summed E-state index contributed by atoms with van der Waals surface area (Å²) >= 11 is 6.44. The molecule has 164 valence electrons. The standard InChI is InChI=1S/C23H22ClN5O3/c1-14-9-19(28-32-14)22(2,30)6-5-15-3-4-16-18(10-15)29(12-23(16)7-8-31-13-23)20-17(24)11-26-21(25)27-20/h3-4,9-11,30H,7-8,12-13H2,1-2H3,(H2,25,26,27)/t22?,23-/m1/s1. The number of hydrogen-bond donors (Lipinski definition) is 2. The molecule has 0 amide bonds. The van der Waals surface area contributed by atoms with Crippen molar-refractivity contribution in [2.24, 2.45) is 0 Å². The quantitative estimate of drug-likeness (QED) is 0.572. The van der Waals surface area contributed by atoms with Gasteiger partial charge in [0.1, 0.15) is 16.5 Å². The van der Waals surface area contributed by atoms with Crippen LogP contribution in [-0.2, 0) is 15.8 Å². The lowest BCUT2D eigenvalue weighted by Crippen LogP contribution is -2.32. The van der Waals surface area contributed by atoms with Crippen molar-refractivity contribution in [3.05, 3.63) is 58.1 Å². The number of aromatic nitrogens is 3. The zero-order chi connectivity index (χ0) is 22.5. The minimum atomic E-state index is -1.44. The van der Waals surface area contributed by atoms with E-state index in [4.69, 9.17) is 26.6 Å². The van der Waals surface area contributed by atoms with Crippen molar-refractivity contribution in [3.63, 3.8) is 0 Å². The molecule has 0 radical (unpaired) electrons. The van der Waals surface area contributed by atoms with Gasteiger partial charge >= 0.3 is 0 Å². The van der Waals surface area contributed by atoms with Crippen molar-refractivity contribution in [3.8, 4) is 11.8 Å². The van der Waals surface area contributed by atoms with Gasteiger partial charge in [0.2, 0.25) is 5.95 Å². The fourth-order valence-electron chi connectivity index (χ4n) is 4.30. The van der Waals surface area contributed by atoms with Crippen molar-refractivity contribution in [2.75, 3.05) is 30.4 Å². The van der Waals surface area contributed by atoms with Crippen molar-refractivity contribution in [2.45, 2.75) is 31.3 Å². The Kier molecular flexibility index (Phi) is 4.86. The number of aryl methyl sites for hydroxylation is 1. The van der Waals surface area contributed by atoms with E-state index in [0.717, 1.165) is 23.2 Å². The summed E-state index contributed by atoms with van der Waals surface area (Å²) in [7, 11) is 0. The van der Waals surface area contributed by atoms with Crippen LogP contribution in [0.15, 0.2) is 35.0 Å². The molecule has 5 rings (SSSR count). The van der Waals surface area contributed by atoms with Crippen molar-refractivity contribution >= 4 is 29.1 Å². The lowest BCUT2D eigenvalue weighted by molar-refractivity contribution is 0.112. The summed E-state index contributed by atoms with van der Waals surface area (Å²) in [5, 5.41) is 15.1. The predicted molar refractivity (Wildman–Crippen MR) is 120 cm³/mol. The predicted octanol–water partition coefficient (Wildman–Crippen LogP) is 3.08. The van der Waals surface area contributed by atoms with Gasteiger partial charge in [0.05, 0.1) is 12.8 Å². The number of aliphatic hydroxyl groups is 1. The second-order valence-corrected chi connectivity index (χ2v) is 8.85. The Morgan fingerprint density at radius 3 is 2.91 bits per heavy atom. The summed E-state index contributed by atoms with van der Waals surface area (Å²) in [4.78, 5) is 10.4. The third-order valence-electron chi connectivity index (χ3n) is 6.00. The Balaban J connectivity index is 1.57. The molecular weight excluding hydrogens is 430 g/mol. The third-order valence-corrected chi connectivity index (χ3v) is 6.27. The Morgan fingerprint density at radius 2 is 2.19 bits per heavy atom. The van der Waals surface area contributed by atoms with Gasteiger partial charge in [0, 0.05) is 35.9 Å². The number of halogens is 1. The Hall–Kier alpha value is -3.12. The average Bonchev–Trinajstić information content (AvgIpc) is 3.49. The van der Waals surface area contributed by atoms with Gasteiger partial charge in [0.25, 0.3) is 0 Å². The zero-order valence-electron chi connectivity index (χ0n) is 17.7. The van der Waals surface area contributed by atoms with Crippen LogP contribution in [-0.4, -0.2) is 40.0 Å². The van der Waals surface area contributed by atoms with E-state index in [9.17, 15) is 5.11 Å². The molecule has 1 fully saturated rings. The Bertz CT molecular complexity index is 1250. The minimum Gasteiger partial charge on any atom is -0.380 e. The summed E-state index contributed by atoms with van der Waals surface area (Å²) in [5.74, 6) is 7.29. The number of rotatable bonds is 2. The van der Waals surface area contributed by atoms with Crippen molar-refractivity contribution in [1.29, 1.82) is 0 Å². The fourth-order valence-corrected chi connectivity index (χ4v) is 4.49. The lowest BCUT2D eigenvalue weighted by atomic mass is 9.81. The molecule has 1 spiro atoms. The zero-order valence-corrected chi connectivity index (χ0v) is 18.5. The summed E-state index contributed by atoms with van der Waals surface area (Å²) in [6, 6.07) is 7.68. The molecule has 2 atom stereocenters. The second kappa shape index (κ2) is 7.48. The van der Waals surface area contributed by atoms with E-state index in [0.29, 0.717) is 42.1 Å². The maximum Gasteiger partial charge on any atom is 0.222 e. The van der Waals surface area contributed by atoms with Gasteiger partial charge in [-0.3, -0.25) is 0 Å². The van der Waals surface area contributed by atoms with Crippen LogP contribution in [0.3, 0.4) is 0 Å². The number of anilines is 3. The monoisotopic (exact) mass is 451 g/mol. The summed E-state index contributed by atoms with van der Waals surface area (Å²) < 4.78 is 10.8. The molecule has 8 nitrogen and oxygen atoms in total. The van der Waals surface area contributed by atoms with Crippen LogP contribution in [0.25, 0.3) is 0 Å². The molecule has 9 heteroatoms. The molecule has 0 aliphatic carbocycles. The number of ether oxygens (including phenoxy) is 1. The molecule has 1 aromatic carbocycles. The fraction of sp³-hybridized carbons (Fsp3) is 0.348. The van der Waals surface area contributed by atoms with Crippen molar-refractivity contribution in [1.82, 2.24) is 15.1 Å². The first kappa shape index (κ1) is 20.8. The van der Waals surface area contributed by atoms with Gasteiger partial charge in [-0.25, -0.2) is 4.98 Å². The number of nitrogens with zero attached hydrogens (tertiary/aromatic N) is 4. The summed E-state index contributed by atoms with van der Waals surface area (Å²) in [5.41, 5.74) is 7.47.